The van der Waals surface area contributed by atoms with Gasteiger partial charge in [-0.1, -0.05) is 41.6 Å². The van der Waals surface area contributed by atoms with Crippen LogP contribution < -0.4 is 0 Å². The highest BCUT2D eigenvalue weighted by molar-refractivity contribution is 7.98. The van der Waals surface area contributed by atoms with Crippen molar-refractivity contribution in [2.24, 2.45) is 0 Å². The van der Waals surface area contributed by atoms with E-state index in [0.29, 0.717) is 22.9 Å². The molecule has 0 spiro atoms. The summed E-state index contributed by atoms with van der Waals surface area (Å²) in [6.07, 6.45) is 4.99. The van der Waals surface area contributed by atoms with E-state index in [1.165, 1.54) is 22.9 Å². The quantitative estimate of drug-likeness (QED) is 0.678. The predicted molar refractivity (Wildman–Crippen MR) is 89.1 cm³/mol. The number of aryl methyl sites for hydroxylation is 1. The number of rotatable bonds is 2. The minimum atomic E-state index is 0.132. The zero-order chi connectivity index (χ0) is 16.0. The van der Waals surface area contributed by atoms with Crippen molar-refractivity contribution in [2.75, 3.05) is 6.26 Å². The molecule has 0 aliphatic heterocycles. The van der Waals surface area contributed by atoms with E-state index in [4.69, 9.17) is 0 Å². The Kier molecular flexibility index (Phi) is 3.41. The lowest BCUT2D eigenvalue weighted by Gasteiger charge is -2.23. The fourth-order valence-electron chi connectivity index (χ4n) is 3.03. The molecule has 1 aliphatic rings. The smallest absolute Gasteiger partial charge is 0.253 e. The third kappa shape index (κ3) is 2.53. The lowest BCUT2D eigenvalue weighted by molar-refractivity contribution is 0.0962. The van der Waals surface area contributed by atoms with E-state index in [0.717, 1.165) is 12.1 Å². The Morgan fingerprint density at radius 1 is 1.17 bits per heavy atom. The molecule has 116 valence electrons. The lowest BCUT2D eigenvalue weighted by Crippen LogP contribution is -2.21. The van der Waals surface area contributed by atoms with Crippen molar-refractivity contribution in [3.05, 3.63) is 52.8 Å². The van der Waals surface area contributed by atoms with Gasteiger partial charge in [0.1, 0.15) is 0 Å². The first-order valence-corrected chi connectivity index (χ1v) is 8.76. The van der Waals surface area contributed by atoms with Crippen molar-refractivity contribution in [2.45, 2.75) is 30.8 Å². The number of hydrogen-bond acceptors (Lipinski definition) is 5. The number of carbonyl (C=O) groups excluding carboxylic acids is 1. The first kappa shape index (κ1) is 14.4. The van der Waals surface area contributed by atoms with E-state index in [2.05, 4.69) is 46.3 Å². The minimum absolute atomic E-state index is 0.132. The lowest BCUT2D eigenvalue weighted by atomic mass is 9.82. The number of fused-ring (bicyclic) bond motifs is 2. The van der Waals surface area contributed by atoms with Crippen LogP contribution in [0.5, 0.6) is 0 Å². The maximum atomic E-state index is 12.5. The Labute approximate surface area is 138 Å². The number of benzene rings is 1. The van der Waals surface area contributed by atoms with Gasteiger partial charge in [0.15, 0.2) is 5.78 Å². The van der Waals surface area contributed by atoms with E-state index in [-0.39, 0.29) is 11.7 Å². The van der Waals surface area contributed by atoms with Gasteiger partial charge in [0.2, 0.25) is 5.16 Å². The highest BCUT2D eigenvalue weighted by Gasteiger charge is 2.28. The van der Waals surface area contributed by atoms with Crippen molar-refractivity contribution >= 4 is 23.3 Å². The van der Waals surface area contributed by atoms with Crippen LogP contribution in [0.4, 0.5) is 0 Å². The number of thioether (sulfide) groups is 1. The van der Waals surface area contributed by atoms with E-state index in [9.17, 15) is 4.79 Å². The summed E-state index contributed by atoms with van der Waals surface area (Å²) in [5.41, 5.74) is 3.93. The first-order valence-electron chi connectivity index (χ1n) is 7.54. The SMILES string of the molecule is CSc1nc2nc3c(cn2n1)C(=O)C[C@H](c1ccc(C)cc1)C3. The molecule has 0 saturated heterocycles. The van der Waals surface area contributed by atoms with Crippen molar-refractivity contribution in [3.8, 4) is 0 Å². The molecule has 6 heteroatoms. The number of aromatic nitrogens is 4. The van der Waals surface area contributed by atoms with Crippen molar-refractivity contribution in [1.29, 1.82) is 0 Å². The van der Waals surface area contributed by atoms with Crippen LogP contribution >= 0.6 is 11.8 Å². The molecule has 0 saturated carbocycles. The van der Waals surface area contributed by atoms with Crippen LogP contribution in [-0.4, -0.2) is 31.6 Å². The standard InChI is InChI=1S/C17H16N4OS/c1-10-3-5-11(6-4-10)12-7-14-13(15(22)8-12)9-21-16(18-14)19-17(20-21)23-2/h3-6,9,12H,7-8H2,1-2H3/t12-/m1/s1. The number of ketones is 1. The van der Waals surface area contributed by atoms with Gasteiger partial charge in [-0.2, -0.15) is 4.98 Å². The molecule has 2 heterocycles. The Morgan fingerprint density at radius 3 is 2.70 bits per heavy atom. The summed E-state index contributed by atoms with van der Waals surface area (Å²) >= 11 is 1.47. The number of Topliss-reactive ketones (excluding diaryl/α,β-unsaturated/α-hetero) is 1. The van der Waals surface area contributed by atoms with Gasteiger partial charge in [0.25, 0.3) is 5.78 Å². The van der Waals surface area contributed by atoms with Crippen molar-refractivity contribution < 1.29 is 4.79 Å². The molecule has 0 unspecified atom stereocenters. The van der Waals surface area contributed by atoms with E-state index >= 15 is 0 Å². The number of carbonyl (C=O) groups is 1. The van der Waals surface area contributed by atoms with E-state index < -0.39 is 0 Å². The van der Waals surface area contributed by atoms with Gasteiger partial charge < -0.3 is 0 Å². The molecule has 4 rings (SSSR count). The van der Waals surface area contributed by atoms with Gasteiger partial charge in [-0.25, -0.2) is 9.50 Å². The second-order valence-corrected chi connectivity index (χ2v) is 6.66. The zero-order valence-electron chi connectivity index (χ0n) is 13.0. The Bertz CT molecular complexity index is 901. The van der Waals surface area contributed by atoms with Gasteiger partial charge in [-0.15, -0.1) is 5.10 Å². The van der Waals surface area contributed by atoms with Gasteiger partial charge >= 0.3 is 0 Å². The maximum Gasteiger partial charge on any atom is 0.253 e. The molecule has 0 fully saturated rings. The summed E-state index contributed by atoms with van der Waals surface area (Å²) < 4.78 is 1.61. The second kappa shape index (κ2) is 5.45. The van der Waals surface area contributed by atoms with Crippen LogP contribution in [-0.2, 0) is 6.42 Å². The summed E-state index contributed by atoms with van der Waals surface area (Å²) in [5, 5.41) is 4.98. The highest BCUT2D eigenvalue weighted by atomic mass is 32.2. The molecule has 0 amide bonds. The maximum absolute atomic E-state index is 12.5. The summed E-state index contributed by atoms with van der Waals surface area (Å²) in [7, 11) is 0. The summed E-state index contributed by atoms with van der Waals surface area (Å²) in [5.74, 6) is 0.881. The molecule has 1 aromatic carbocycles. The fraction of sp³-hybridized carbons (Fsp3) is 0.294. The average molecular weight is 324 g/mol. The van der Waals surface area contributed by atoms with Crippen LogP contribution in [0.15, 0.2) is 35.6 Å². The molecule has 23 heavy (non-hydrogen) atoms. The van der Waals surface area contributed by atoms with Gasteiger partial charge in [0.05, 0.1) is 11.3 Å². The third-order valence-corrected chi connectivity index (χ3v) is 4.83. The Hall–Kier alpha value is -2.21. The van der Waals surface area contributed by atoms with Crippen LogP contribution in [0, 0.1) is 6.92 Å². The van der Waals surface area contributed by atoms with Crippen LogP contribution in [0.1, 0.15) is 39.5 Å². The molecule has 3 aromatic rings. The summed E-state index contributed by atoms with van der Waals surface area (Å²) in [6, 6.07) is 8.41. The van der Waals surface area contributed by atoms with Crippen LogP contribution in [0.3, 0.4) is 0 Å². The first-order chi connectivity index (χ1) is 11.1. The predicted octanol–water partition coefficient (Wildman–Crippen LogP) is 3.07. The van der Waals surface area contributed by atoms with Gasteiger partial charge in [-0.05, 0) is 31.1 Å². The Balaban J connectivity index is 1.75. The number of nitrogens with zero attached hydrogens (tertiary/aromatic N) is 4. The number of hydrogen-bond donors (Lipinski definition) is 0. The molecule has 0 N–H and O–H groups in total. The van der Waals surface area contributed by atoms with Gasteiger partial charge in [0, 0.05) is 12.6 Å². The summed E-state index contributed by atoms with van der Waals surface area (Å²) in [4.78, 5) is 21.5. The largest absolute Gasteiger partial charge is 0.294 e. The third-order valence-electron chi connectivity index (χ3n) is 4.29. The average Bonchev–Trinajstić information content (AvgIpc) is 2.96. The fourth-order valence-corrected chi connectivity index (χ4v) is 3.37. The van der Waals surface area contributed by atoms with Crippen LogP contribution in [0.25, 0.3) is 5.78 Å². The Morgan fingerprint density at radius 2 is 1.96 bits per heavy atom. The normalized spacial score (nSPS) is 17.5. The second-order valence-electron chi connectivity index (χ2n) is 5.88. The highest BCUT2D eigenvalue weighted by Crippen LogP contribution is 2.32. The van der Waals surface area contributed by atoms with E-state index in [1.54, 1.807) is 10.7 Å². The molecule has 0 radical (unpaired) electrons. The molecular weight excluding hydrogens is 308 g/mol. The molecule has 0 bridgehead atoms. The van der Waals surface area contributed by atoms with Crippen LogP contribution in [0.2, 0.25) is 0 Å². The molecule has 1 aliphatic carbocycles. The van der Waals surface area contributed by atoms with Crippen molar-refractivity contribution in [3.63, 3.8) is 0 Å². The van der Waals surface area contributed by atoms with E-state index in [1.807, 2.05) is 6.26 Å². The topological polar surface area (TPSA) is 60.1 Å². The molecule has 1 atom stereocenters. The van der Waals surface area contributed by atoms with Crippen molar-refractivity contribution in [1.82, 2.24) is 19.6 Å². The molecule has 5 nitrogen and oxygen atoms in total. The molecular formula is C17H16N4OS. The summed E-state index contributed by atoms with van der Waals surface area (Å²) in [6.45, 7) is 2.07. The van der Waals surface area contributed by atoms with Gasteiger partial charge in [-0.3, -0.25) is 4.79 Å². The zero-order valence-corrected chi connectivity index (χ0v) is 13.8. The monoisotopic (exact) mass is 324 g/mol. The molecule has 2 aromatic heterocycles. The minimum Gasteiger partial charge on any atom is -0.294 e.